The van der Waals surface area contributed by atoms with E-state index in [4.69, 9.17) is 0 Å². The van der Waals surface area contributed by atoms with Crippen molar-refractivity contribution in [1.29, 1.82) is 0 Å². The maximum absolute atomic E-state index is 12.8. The molecule has 1 saturated heterocycles. The van der Waals surface area contributed by atoms with Crippen molar-refractivity contribution in [3.8, 4) is 0 Å². The van der Waals surface area contributed by atoms with Crippen LogP contribution in [0, 0.1) is 19.8 Å². The SMILES string of the molecule is CCc1cccc(CC)c1N1C[C@@H](C(=O)Nc2cccc(C)c2C)CC1=O. The lowest BCUT2D eigenvalue weighted by atomic mass is 10.0. The minimum Gasteiger partial charge on any atom is -0.326 e. The van der Waals surface area contributed by atoms with Crippen LogP contribution in [-0.4, -0.2) is 18.4 Å². The summed E-state index contributed by atoms with van der Waals surface area (Å²) in [6.07, 6.45) is 2.00. The quantitative estimate of drug-likeness (QED) is 0.854. The van der Waals surface area contributed by atoms with Crippen molar-refractivity contribution in [3.63, 3.8) is 0 Å². The first-order valence-corrected chi connectivity index (χ1v) is 9.74. The molecule has 0 bridgehead atoms. The molecule has 0 aromatic heterocycles. The predicted molar refractivity (Wildman–Crippen MR) is 110 cm³/mol. The van der Waals surface area contributed by atoms with E-state index in [9.17, 15) is 9.59 Å². The Kier molecular flexibility index (Phi) is 5.64. The number of amides is 2. The molecule has 0 saturated carbocycles. The molecular weight excluding hydrogens is 336 g/mol. The molecule has 3 rings (SSSR count). The highest BCUT2D eigenvalue weighted by molar-refractivity contribution is 6.04. The second-order valence-corrected chi connectivity index (χ2v) is 7.27. The number of rotatable bonds is 5. The van der Waals surface area contributed by atoms with Crippen molar-refractivity contribution in [3.05, 3.63) is 58.7 Å². The fourth-order valence-electron chi connectivity index (χ4n) is 3.78. The predicted octanol–water partition coefficient (Wildman–Crippen LogP) is 4.42. The minimum absolute atomic E-state index is 0.0340. The van der Waals surface area contributed by atoms with Gasteiger partial charge >= 0.3 is 0 Å². The number of nitrogens with one attached hydrogen (secondary N) is 1. The zero-order chi connectivity index (χ0) is 19.6. The van der Waals surface area contributed by atoms with E-state index in [-0.39, 0.29) is 24.2 Å². The summed E-state index contributed by atoms with van der Waals surface area (Å²) in [4.78, 5) is 27.4. The lowest BCUT2D eigenvalue weighted by Crippen LogP contribution is -2.29. The van der Waals surface area contributed by atoms with Gasteiger partial charge in [-0.2, -0.15) is 0 Å². The van der Waals surface area contributed by atoms with E-state index in [2.05, 4.69) is 31.3 Å². The lowest BCUT2D eigenvalue weighted by Gasteiger charge is -2.23. The van der Waals surface area contributed by atoms with E-state index in [1.54, 1.807) is 0 Å². The second kappa shape index (κ2) is 7.95. The van der Waals surface area contributed by atoms with Crippen molar-refractivity contribution in [2.24, 2.45) is 5.92 Å². The highest BCUT2D eigenvalue weighted by Crippen LogP contribution is 2.33. The van der Waals surface area contributed by atoms with Crippen LogP contribution in [0.5, 0.6) is 0 Å². The van der Waals surface area contributed by atoms with Crippen LogP contribution in [0.3, 0.4) is 0 Å². The topological polar surface area (TPSA) is 49.4 Å². The Morgan fingerprint density at radius 3 is 2.33 bits per heavy atom. The van der Waals surface area contributed by atoms with Crippen molar-refractivity contribution < 1.29 is 9.59 Å². The van der Waals surface area contributed by atoms with Gasteiger partial charge in [-0.25, -0.2) is 0 Å². The highest BCUT2D eigenvalue weighted by Gasteiger charge is 2.36. The van der Waals surface area contributed by atoms with Gasteiger partial charge in [-0.15, -0.1) is 0 Å². The number of carbonyl (C=O) groups is 2. The summed E-state index contributed by atoms with van der Waals surface area (Å²) >= 11 is 0. The summed E-state index contributed by atoms with van der Waals surface area (Å²) in [6, 6.07) is 12.1. The molecule has 1 aliphatic rings. The third kappa shape index (κ3) is 3.75. The van der Waals surface area contributed by atoms with Crippen molar-refractivity contribution in [1.82, 2.24) is 0 Å². The summed E-state index contributed by atoms with van der Waals surface area (Å²) in [6.45, 7) is 8.68. The molecule has 0 spiro atoms. The van der Waals surface area contributed by atoms with E-state index in [0.29, 0.717) is 6.54 Å². The van der Waals surface area contributed by atoms with Gasteiger partial charge < -0.3 is 10.2 Å². The van der Waals surface area contributed by atoms with Crippen LogP contribution in [0.25, 0.3) is 0 Å². The zero-order valence-corrected chi connectivity index (χ0v) is 16.6. The van der Waals surface area contributed by atoms with Gasteiger partial charge in [0.1, 0.15) is 0 Å². The van der Waals surface area contributed by atoms with Gasteiger partial charge in [-0.1, -0.05) is 44.2 Å². The number of hydrogen-bond donors (Lipinski definition) is 1. The third-order valence-electron chi connectivity index (χ3n) is 5.59. The summed E-state index contributed by atoms with van der Waals surface area (Å²) in [7, 11) is 0. The molecule has 27 heavy (non-hydrogen) atoms. The molecule has 2 aromatic carbocycles. The first-order chi connectivity index (χ1) is 13.0. The Balaban J connectivity index is 1.82. The van der Waals surface area contributed by atoms with Crippen molar-refractivity contribution in [2.45, 2.75) is 47.0 Å². The summed E-state index contributed by atoms with van der Waals surface area (Å²) < 4.78 is 0. The van der Waals surface area contributed by atoms with E-state index in [0.717, 1.165) is 35.3 Å². The second-order valence-electron chi connectivity index (χ2n) is 7.27. The number of nitrogens with zero attached hydrogens (tertiary/aromatic N) is 1. The Hall–Kier alpha value is -2.62. The Morgan fingerprint density at radius 2 is 1.70 bits per heavy atom. The molecule has 0 radical (unpaired) electrons. The average Bonchev–Trinajstić information content (AvgIpc) is 3.06. The molecule has 1 fully saturated rings. The van der Waals surface area contributed by atoms with Crippen molar-refractivity contribution in [2.75, 3.05) is 16.8 Å². The molecule has 1 N–H and O–H groups in total. The summed E-state index contributed by atoms with van der Waals surface area (Å²) in [5, 5.41) is 3.02. The minimum atomic E-state index is -0.327. The summed E-state index contributed by atoms with van der Waals surface area (Å²) in [5.74, 6) is -0.370. The van der Waals surface area contributed by atoms with Crippen LogP contribution in [-0.2, 0) is 22.4 Å². The smallest absolute Gasteiger partial charge is 0.229 e. The number of anilines is 2. The van der Waals surface area contributed by atoms with Gasteiger partial charge in [0.25, 0.3) is 0 Å². The number of hydrogen-bond acceptors (Lipinski definition) is 2. The standard InChI is InChI=1S/C23H28N2O2/c1-5-17-10-8-11-18(6-2)22(17)25-14-19(13-21(25)26)23(27)24-20-12-7-9-15(3)16(20)4/h7-12,19H,5-6,13-14H2,1-4H3,(H,24,27)/t19-/m0/s1. The fourth-order valence-corrected chi connectivity index (χ4v) is 3.78. The first kappa shape index (κ1) is 19.2. The van der Waals surface area contributed by atoms with Crippen molar-refractivity contribution >= 4 is 23.2 Å². The maximum Gasteiger partial charge on any atom is 0.229 e. The van der Waals surface area contributed by atoms with Crippen LogP contribution < -0.4 is 10.2 Å². The Labute approximate surface area is 161 Å². The first-order valence-electron chi connectivity index (χ1n) is 9.74. The largest absolute Gasteiger partial charge is 0.326 e. The number of benzene rings is 2. The molecule has 142 valence electrons. The molecule has 2 amide bonds. The lowest BCUT2D eigenvalue weighted by molar-refractivity contribution is -0.122. The molecule has 1 atom stereocenters. The van der Waals surface area contributed by atoms with E-state index in [1.807, 2.05) is 43.0 Å². The highest BCUT2D eigenvalue weighted by atomic mass is 16.2. The van der Waals surface area contributed by atoms with Gasteiger partial charge in [0, 0.05) is 24.3 Å². The van der Waals surface area contributed by atoms with E-state index in [1.165, 1.54) is 11.1 Å². The molecular formula is C23H28N2O2. The third-order valence-corrected chi connectivity index (χ3v) is 5.59. The number of aryl methyl sites for hydroxylation is 3. The van der Waals surface area contributed by atoms with E-state index < -0.39 is 0 Å². The number of carbonyl (C=O) groups excluding carboxylic acids is 2. The Bertz CT molecular complexity index is 850. The molecule has 4 heteroatoms. The van der Waals surface area contributed by atoms with Gasteiger partial charge in [0.05, 0.1) is 5.92 Å². The molecule has 1 heterocycles. The van der Waals surface area contributed by atoms with Gasteiger partial charge in [0.2, 0.25) is 11.8 Å². The number of para-hydroxylation sites is 1. The average molecular weight is 364 g/mol. The van der Waals surface area contributed by atoms with Gasteiger partial charge in [-0.05, 0) is 55.0 Å². The summed E-state index contributed by atoms with van der Waals surface area (Å²) in [5.41, 5.74) is 6.37. The van der Waals surface area contributed by atoms with Crippen LogP contribution >= 0.6 is 0 Å². The van der Waals surface area contributed by atoms with Crippen LogP contribution in [0.2, 0.25) is 0 Å². The normalized spacial score (nSPS) is 16.7. The van der Waals surface area contributed by atoms with Crippen LogP contribution in [0.1, 0.15) is 42.5 Å². The fraction of sp³-hybridized carbons (Fsp3) is 0.391. The molecule has 2 aromatic rings. The monoisotopic (exact) mass is 364 g/mol. The molecule has 1 aliphatic heterocycles. The van der Waals surface area contributed by atoms with Crippen LogP contribution in [0.4, 0.5) is 11.4 Å². The molecule has 4 nitrogen and oxygen atoms in total. The van der Waals surface area contributed by atoms with Gasteiger partial charge in [0.15, 0.2) is 0 Å². The zero-order valence-electron chi connectivity index (χ0n) is 16.6. The molecule has 0 aliphatic carbocycles. The van der Waals surface area contributed by atoms with Gasteiger partial charge in [-0.3, -0.25) is 9.59 Å². The Morgan fingerprint density at radius 1 is 1.07 bits per heavy atom. The molecule has 0 unspecified atom stereocenters. The van der Waals surface area contributed by atoms with E-state index >= 15 is 0 Å². The van der Waals surface area contributed by atoms with Crippen LogP contribution in [0.15, 0.2) is 36.4 Å². The maximum atomic E-state index is 12.8.